The molecule has 1 heterocycles. The third kappa shape index (κ3) is 4.54. The number of carbonyl (C=O) groups is 1. The normalized spacial score (nSPS) is 11.9. The zero-order chi connectivity index (χ0) is 14.4. The fraction of sp³-hybridized carbons (Fsp3) is 0.200. The van der Waals surface area contributed by atoms with Crippen LogP contribution in [-0.4, -0.2) is 16.1 Å². The summed E-state index contributed by atoms with van der Waals surface area (Å²) in [6.07, 6.45) is 1.72. The van der Waals surface area contributed by atoms with E-state index in [2.05, 4.69) is 10.3 Å². The number of thioether (sulfide) groups is 1. The third-order valence-corrected chi connectivity index (χ3v) is 4.03. The molecular weight excluding hydrogens is 292 g/mol. The smallest absolute Gasteiger partial charge is 0.233 e. The summed E-state index contributed by atoms with van der Waals surface area (Å²) in [6, 6.07) is 13.1. The van der Waals surface area contributed by atoms with Crippen molar-refractivity contribution < 1.29 is 4.79 Å². The minimum atomic E-state index is -0.167. The van der Waals surface area contributed by atoms with Crippen LogP contribution < -0.4 is 5.32 Å². The van der Waals surface area contributed by atoms with Crippen molar-refractivity contribution in [3.05, 3.63) is 59.4 Å². The van der Waals surface area contributed by atoms with E-state index in [0.717, 1.165) is 10.6 Å². The van der Waals surface area contributed by atoms with E-state index in [9.17, 15) is 4.79 Å². The molecule has 1 atom stereocenters. The lowest BCUT2D eigenvalue weighted by atomic mass is 10.3. The van der Waals surface area contributed by atoms with Gasteiger partial charge in [0.15, 0.2) is 0 Å². The minimum absolute atomic E-state index is 0.00407. The quantitative estimate of drug-likeness (QED) is 0.859. The molecule has 0 bridgehead atoms. The number of nitrogens with one attached hydrogen (secondary N) is 1. The molecule has 1 aromatic heterocycles. The largest absolute Gasteiger partial charge is 0.349 e. The van der Waals surface area contributed by atoms with E-state index in [4.69, 9.17) is 11.6 Å². The van der Waals surface area contributed by atoms with Gasteiger partial charge in [-0.3, -0.25) is 9.78 Å². The van der Waals surface area contributed by atoms with Crippen molar-refractivity contribution in [3.63, 3.8) is 0 Å². The summed E-state index contributed by atoms with van der Waals surface area (Å²) in [5.74, 6) is -0.00407. The van der Waals surface area contributed by atoms with E-state index in [1.165, 1.54) is 11.8 Å². The van der Waals surface area contributed by atoms with Crippen LogP contribution in [0.15, 0.2) is 53.6 Å². The summed E-state index contributed by atoms with van der Waals surface area (Å²) in [4.78, 5) is 17.2. The van der Waals surface area contributed by atoms with Gasteiger partial charge in [-0.1, -0.05) is 17.7 Å². The van der Waals surface area contributed by atoms with E-state index in [1.807, 2.05) is 49.4 Å². The molecule has 5 heteroatoms. The average Bonchev–Trinajstić information content (AvgIpc) is 2.48. The predicted molar refractivity (Wildman–Crippen MR) is 82.9 cm³/mol. The number of pyridine rings is 1. The number of hydrogen-bond acceptors (Lipinski definition) is 3. The fourth-order valence-electron chi connectivity index (χ4n) is 1.59. The van der Waals surface area contributed by atoms with Crippen LogP contribution in [0.2, 0.25) is 5.02 Å². The molecule has 0 saturated heterocycles. The molecule has 0 aliphatic carbocycles. The Kier molecular flexibility index (Phi) is 5.44. The Morgan fingerprint density at radius 1 is 1.30 bits per heavy atom. The summed E-state index contributed by atoms with van der Waals surface area (Å²) in [5.41, 5.74) is 0.851. The Morgan fingerprint density at radius 2 is 2.05 bits per heavy atom. The number of aromatic nitrogens is 1. The summed E-state index contributed by atoms with van der Waals surface area (Å²) in [5, 5.41) is 3.41. The van der Waals surface area contributed by atoms with Gasteiger partial charge in [0.05, 0.1) is 17.5 Å². The van der Waals surface area contributed by atoms with Crippen molar-refractivity contribution in [2.45, 2.75) is 23.6 Å². The Bertz CT molecular complexity index is 560. The molecule has 0 fully saturated rings. The van der Waals surface area contributed by atoms with E-state index in [0.29, 0.717) is 11.6 Å². The lowest BCUT2D eigenvalue weighted by Gasteiger charge is -2.11. The second-order valence-corrected chi connectivity index (χ2v) is 6.10. The molecule has 2 rings (SSSR count). The third-order valence-electron chi connectivity index (χ3n) is 2.67. The summed E-state index contributed by atoms with van der Waals surface area (Å²) in [7, 11) is 0. The molecule has 20 heavy (non-hydrogen) atoms. The molecule has 0 aliphatic heterocycles. The standard InChI is InChI=1S/C15H15ClN2OS/c1-11(20-14-7-5-12(16)6-8-14)15(19)18-10-13-4-2-3-9-17-13/h2-9,11H,10H2,1H3,(H,18,19). The highest BCUT2D eigenvalue weighted by Crippen LogP contribution is 2.24. The van der Waals surface area contributed by atoms with Gasteiger partial charge in [0.1, 0.15) is 0 Å². The number of benzene rings is 1. The number of nitrogens with zero attached hydrogens (tertiary/aromatic N) is 1. The van der Waals surface area contributed by atoms with Crippen LogP contribution >= 0.6 is 23.4 Å². The molecule has 0 spiro atoms. The summed E-state index contributed by atoms with van der Waals surface area (Å²) in [6.45, 7) is 2.33. The van der Waals surface area contributed by atoms with Crippen LogP contribution in [0.3, 0.4) is 0 Å². The molecule has 1 unspecified atom stereocenters. The highest BCUT2D eigenvalue weighted by molar-refractivity contribution is 8.00. The van der Waals surface area contributed by atoms with Gasteiger partial charge in [-0.2, -0.15) is 0 Å². The second kappa shape index (κ2) is 7.31. The number of hydrogen-bond donors (Lipinski definition) is 1. The molecule has 3 nitrogen and oxygen atoms in total. The number of amides is 1. The predicted octanol–water partition coefficient (Wildman–Crippen LogP) is 3.53. The Morgan fingerprint density at radius 3 is 2.70 bits per heavy atom. The number of halogens is 1. The molecule has 2 aromatic rings. The van der Waals surface area contributed by atoms with Crippen molar-refractivity contribution >= 4 is 29.3 Å². The summed E-state index contributed by atoms with van der Waals surface area (Å²) < 4.78 is 0. The van der Waals surface area contributed by atoms with E-state index < -0.39 is 0 Å². The molecule has 0 aliphatic rings. The van der Waals surface area contributed by atoms with Gasteiger partial charge in [0, 0.05) is 16.1 Å². The van der Waals surface area contributed by atoms with Gasteiger partial charge in [0.25, 0.3) is 0 Å². The van der Waals surface area contributed by atoms with E-state index in [1.54, 1.807) is 6.20 Å². The van der Waals surface area contributed by atoms with Crippen molar-refractivity contribution in [1.29, 1.82) is 0 Å². The van der Waals surface area contributed by atoms with Crippen LogP contribution in [0, 0.1) is 0 Å². The van der Waals surface area contributed by atoms with Gasteiger partial charge in [0.2, 0.25) is 5.91 Å². The van der Waals surface area contributed by atoms with E-state index >= 15 is 0 Å². The van der Waals surface area contributed by atoms with Gasteiger partial charge >= 0.3 is 0 Å². The first-order valence-corrected chi connectivity index (χ1v) is 7.51. The van der Waals surface area contributed by atoms with Gasteiger partial charge in [-0.05, 0) is 43.3 Å². The maximum atomic E-state index is 12.0. The second-order valence-electron chi connectivity index (χ2n) is 4.25. The minimum Gasteiger partial charge on any atom is -0.349 e. The Hall–Kier alpha value is -1.52. The number of carbonyl (C=O) groups excluding carboxylic acids is 1. The average molecular weight is 307 g/mol. The number of rotatable bonds is 5. The highest BCUT2D eigenvalue weighted by Gasteiger charge is 2.14. The van der Waals surface area contributed by atoms with Crippen LogP contribution in [0.1, 0.15) is 12.6 Å². The van der Waals surface area contributed by atoms with Crippen LogP contribution in [0.5, 0.6) is 0 Å². The van der Waals surface area contributed by atoms with Crippen molar-refractivity contribution in [1.82, 2.24) is 10.3 Å². The molecule has 1 N–H and O–H groups in total. The van der Waals surface area contributed by atoms with E-state index in [-0.39, 0.29) is 11.2 Å². The van der Waals surface area contributed by atoms with Gasteiger partial charge in [-0.15, -0.1) is 11.8 Å². The lowest BCUT2D eigenvalue weighted by Crippen LogP contribution is -2.30. The van der Waals surface area contributed by atoms with Crippen molar-refractivity contribution in [2.75, 3.05) is 0 Å². The lowest BCUT2D eigenvalue weighted by molar-refractivity contribution is -0.120. The first-order chi connectivity index (χ1) is 9.65. The van der Waals surface area contributed by atoms with Crippen LogP contribution in [0.4, 0.5) is 0 Å². The van der Waals surface area contributed by atoms with Crippen LogP contribution in [-0.2, 0) is 11.3 Å². The first kappa shape index (κ1) is 14.9. The molecule has 104 valence electrons. The zero-order valence-corrected chi connectivity index (χ0v) is 12.6. The zero-order valence-electron chi connectivity index (χ0n) is 11.0. The SMILES string of the molecule is CC(Sc1ccc(Cl)cc1)C(=O)NCc1ccccn1. The Balaban J connectivity index is 1.84. The topological polar surface area (TPSA) is 42.0 Å². The van der Waals surface area contributed by atoms with Gasteiger partial charge in [-0.25, -0.2) is 0 Å². The molecule has 1 amide bonds. The molecule has 1 aromatic carbocycles. The van der Waals surface area contributed by atoms with Crippen molar-refractivity contribution in [2.24, 2.45) is 0 Å². The van der Waals surface area contributed by atoms with Crippen molar-refractivity contribution in [3.8, 4) is 0 Å². The maximum absolute atomic E-state index is 12.0. The summed E-state index contributed by atoms with van der Waals surface area (Å²) >= 11 is 7.34. The highest BCUT2D eigenvalue weighted by atomic mass is 35.5. The fourth-order valence-corrected chi connectivity index (χ4v) is 2.61. The molecular formula is C15H15ClN2OS. The van der Waals surface area contributed by atoms with Crippen LogP contribution in [0.25, 0.3) is 0 Å². The first-order valence-electron chi connectivity index (χ1n) is 6.25. The maximum Gasteiger partial charge on any atom is 0.233 e. The van der Waals surface area contributed by atoms with Gasteiger partial charge < -0.3 is 5.32 Å². The monoisotopic (exact) mass is 306 g/mol. The Labute approximate surface area is 127 Å². The molecule has 0 saturated carbocycles. The molecule has 0 radical (unpaired) electrons.